The maximum atomic E-state index is 7.04. The molecule has 9 rings (SSSR count). The molecule has 0 aliphatic carbocycles. The maximum absolute atomic E-state index is 7.04. The van der Waals surface area contributed by atoms with E-state index in [9.17, 15) is 0 Å². The van der Waals surface area contributed by atoms with Crippen LogP contribution in [0.4, 0.5) is 0 Å². The molecule has 0 radical (unpaired) electrons. The zero-order valence-electron chi connectivity index (χ0n) is 41.2. The van der Waals surface area contributed by atoms with E-state index < -0.39 is 0 Å². The summed E-state index contributed by atoms with van der Waals surface area (Å²) in [6, 6.07) is 40.2. The third-order valence-corrected chi connectivity index (χ3v) is 13.3. The molecule has 0 bridgehead atoms. The van der Waals surface area contributed by atoms with Crippen molar-refractivity contribution in [2.45, 2.75) is 120 Å². The van der Waals surface area contributed by atoms with Crippen molar-refractivity contribution in [2.75, 3.05) is 0 Å². The maximum Gasteiger partial charge on any atom is 0.255 e. The summed E-state index contributed by atoms with van der Waals surface area (Å²) in [4.78, 5) is 4.94. The fourth-order valence-electron chi connectivity index (χ4n) is 10.2. The minimum Gasteiger partial charge on any atom is -0.457 e. The van der Waals surface area contributed by atoms with Crippen LogP contribution in [0, 0.1) is 41.5 Å². The Bertz CT molecular complexity index is 3310. The number of para-hydroxylation sites is 1. The van der Waals surface area contributed by atoms with Gasteiger partial charge in [0.2, 0.25) is 0 Å². The molecule has 6 aromatic carbocycles. The van der Waals surface area contributed by atoms with Crippen molar-refractivity contribution in [3.8, 4) is 39.8 Å². The largest absolute Gasteiger partial charge is 0.457 e. The highest BCUT2D eigenvalue weighted by atomic mass is 16.5. The van der Waals surface area contributed by atoms with Gasteiger partial charge >= 0.3 is 0 Å². The first-order valence-electron chi connectivity index (χ1n) is 23.2. The second-order valence-electron chi connectivity index (χ2n) is 21.7. The van der Waals surface area contributed by atoms with E-state index in [0.29, 0.717) is 0 Å². The normalized spacial score (nSPS) is 12.5. The second kappa shape index (κ2) is 15.6. The monoisotopic (exact) mass is 858 g/mol. The highest BCUT2D eigenvalue weighted by Crippen LogP contribution is 2.42. The zero-order valence-corrected chi connectivity index (χ0v) is 41.2. The van der Waals surface area contributed by atoms with E-state index in [2.05, 4.69) is 233 Å². The van der Waals surface area contributed by atoms with E-state index >= 15 is 0 Å². The number of ether oxygens (including phenoxy) is 1. The number of hydrogen-bond donors (Lipinski definition) is 0. The Morgan fingerprint density at radius 3 is 1.77 bits per heavy atom. The molecule has 330 valence electrons. The van der Waals surface area contributed by atoms with Crippen molar-refractivity contribution in [2.24, 2.45) is 0 Å². The summed E-state index contributed by atoms with van der Waals surface area (Å²) in [6.45, 7) is 34.1. The number of hydrogen-bond acceptors (Lipinski definition) is 2. The van der Waals surface area contributed by atoms with E-state index in [4.69, 9.17) is 9.72 Å². The molecule has 0 atom stereocenters. The zero-order chi connectivity index (χ0) is 46.5. The lowest BCUT2D eigenvalue weighted by Crippen LogP contribution is -2.34. The molecule has 0 saturated heterocycles. The minimum absolute atomic E-state index is 0.0189. The van der Waals surface area contributed by atoms with Crippen LogP contribution in [0.5, 0.6) is 11.5 Å². The van der Waals surface area contributed by atoms with Crippen molar-refractivity contribution in [3.63, 3.8) is 0 Å². The van der Waals surface area contributed by atoms with Crippen LogP contribution in [0.25, 0.3) is 61.2 Å². The number of aromatic nitrogens is 4. The fraction of sp³-hybridized carbons (Fsp3) is 0.300. The molecule has 0 unspecified atom stereocenters. The van der Waals surface area contributed by atoms with Gasteiger partial charge < -0.3 is 4.74 Å². The van der Waals surface area contributed by atoms with Crippen LogP contribution >= 0.6 is 0 Å². The van der Waals surface area contributed by atoms with Gasteiger partial charge in [-0.15, -0.1) is 0 Å². The van der Waals surface area contributed by atoms with Crippen molar-refractivity contribution in [1.82, 2.24) is 14.1 Å². The molecule has 65 heavy (non-hydrogen) atoms. The molecule has 0 amide bonds. The van der Waals surface area contributed by atoms with Crippen LogP contribution < -0.4 is 9.30 Å². The average molecular weight is 858 g/mol. The summed E-state index contributed by atoms with van der Waals surface area (Å²) in [5.74, 6) is 2.42. The Morgan fingerprint density at radius 2 is 1.12 bits per heavy atom. The number of fused-ring (bicyclic) bond motifs is 4. The first-order chi connectivity index (χ1) is 30.6. The molecule has 0 spiro atoms. The minimum atomic E-state index is -0.136. The summed E-state index contributed by atoms with van der Waals surface area (Å²) >= 11 is 0. The summed E-state index contributed by atoms with van der Waals surface area (Å²) in [7, 11) is 0. The van der Waals surface area contributed by atoms with E-state index in [-0.39, 0.29) is 16.2 Å². The average Bonchev–Trinajstić information content (AvgIpc) is 3.75. The van der Waals surface area contributed by atoms with Gasteiger partial charge in [0, 0.05) is 40.2 Å². The smallest absolute Gasteiger partial charge is 0.255 e. The van der Waals surface area contributed by atoms with Crippen LogP contribution in [0.15, 0.2) is 122 Å². The molecule has 9 aromatic rings. The van der Waals surface area contributed by atoms with Gasteiger partial charge in [0.25, 0.3) is 6.33 Å². The molecule has 0 saturated carbocycles. The highest BCUT2D eigenvalue weighted by molar-refractivity contribution is 6.09. The number of nitrogens with zero attached hydrogens (tertiary/aromatic N) is 4. The molecule has 5 heteroatoms. The Hall–Kier alpha value is -6.46. The molecule has 0 aliphatic heterocycles. The van der Waals surface area contributed by atoms with Gasteiger partial charge in [0.1, 0.15) is 28.7 Å². The van der Waals surface area contributed by atoms with Crippen LogP contribution in [0.3, 0.4) is 0 Å². The molecule has 3 aromatic heterocycles. The van der Waals surface area contributed by atoms with Crippen molar-refractivity contribution >= 4 is 32.8 Å². The molecule has 0 N–H and O–H groups in total. The number of imidazole rings is 1. The van der Waals surface area contributed by atoms with Gasteiger partial charge in [-0.2, -0.15) is 9.13 Å². The van der Waals surface area contributed by atoms with Crippen molar-refractivity contribution < 1.29 is 9.30 Å². The van der Waals surface area contributed by atoms with E-state index in [1.807, 2.05) is 6.20 Å². The van der Waals surface area contributed by atoms with Gasteiger partial charge in [-0.05, 0) is 145 Å². The van der Waals surface area contributed by atoms with E-state index in [1.165, 1.54) is 77.7 Å². The lowest BCUT2D eigenvalue weighted by Gasteiger charge is -2.25. The van der Waals surface area contributed by atoms with E-state index in [0.717, 1.165) is 45.0 Å². The number of benzene rings is 6. The summed E-state index contributed by atoms with van der Waals surface area (Å²) < 4.78 is 14.2. The first-order valence-corrected chi connectivity index (χ1v) is 23.2. The Balaban J connectivity index is 1.31. The quantitative estimate of drug-likeness (QED) is 0.156. The van der Waals surface area contributed by atoms with Crippen LogP contribution in [-0.4, -0.2) is 14.1 Å². The third-order valence-electron chi connectivity index (χ3n) is 13.3. The van der Waals surface area contributed by atoms with Crippen molar-refractivity contribution in [3.05, 3.63) is 172 Å². The Morgan fingerprint density at radius 1 is 0.523 bits per heavy atom. The molecule has 0 fully saturated rings. The van der Waals surface area contributed by atoms with Crippen LogP contribution in [0.2, 0.25) is 0 Å². The van der Waals surface area contributed by atoms with Gasteiger partial charge in [-0.3, -0.25) is 4.57 Å². The molecule has 0 aliphatic rings. The standard InChI is InChI=1S/C60H65N4O/c1-36-26-38(3)55(39(4)27-36)48-23-21-44(65-45-20-22-47-46-18-16-17-19-50(46)64(52(47)34-45)54-32-42(24-25-61-54)58(7,8)9)33-51(48)62-35-63(56-40(5)28-37(2)29-41(56)6)57-49(60(13,14)15)30-43(31-53(57)62)59(10,11)12/h16-35H,1-15H3/q+1. The molecular weight excluding hydrogens is 793 g/mol. The summed E-state index contributed by atoms with van der Waals surface area (Å²) in [5.41, 5.74) is 20.4. The number of aryl methyl sites for hydroxylation is 6. The van der Waals surface area contributed by atoms with E-state index in [1.54, 1.807) is 0 Å². The molecular formula is C60H65N4O+. The van der Waals surface area contributed by atoms with Gasteiger partial charge in [0.15, 0.2) is 11.0 Å². The summed E-state index contributed by atoms with van der Waals surface area (Å²) in [5, 5.41) is 2.34. The SMILES string of the molecule is Cc1cc(C)c(-c2ccc(Oc3ccc4c5ccccc5n(-c5cc(C(C)(C)C)ccn5)c4c3)cc2-n2c[n+](-c3c(C)cc(C)cc3C)c3c(C(C)(C)C)cc(C(C)(C)C)cc32)c(C)c1. The predicted molar refractivity (Wildman–Crippen MR) is 273 cm³/mol. The topological polar surface area (TPSA) is 35.9 Å². The summed E-state index contributed by atoms with van der Waals surface area (Å²) in [6.07, 6.45) is 4.27. The predicted octanol–water partition coefficient (Wildman–Crippen LogP) is 15.6. The van der Waals surface area contributed by atoms with Crippen LogP contribution in [-0.2, 0) is 16.2 Å². The van der Waals surface area contributed by atoms with Crippen molar-refractivity contribution in [1.29, 1.82) is 0 Å². The fourth-order valence-corrected chi connectivity index (χ4v) is 10.2. The van der Waals surface area contributed by atoms with Gasteiger partial charge in [-0.1, -0.05) is 122 Å². The van der Waals surface area contributed by atoms with Gasteiger partial charge in [-0.25, -0.2) is 4.98 Å². The Kier molecular flexibility index (Phi) is 10.5. The Labute approximate surface area is 386 Å². The molecule has 5 nitrogen and oxygen atoms in total. The van der Waals surface area contributed by atoms with Crippen LogP contribution in [0.1, 0.15) is 112 Å². The highest BCUT2D eigenvalue weighted by Gasteiger charge is 2.33. The third kappa shape index (κ3) is 7.83. The lowest BCUT2D eigenvalue weighted by molar-refractivity contribution is -0.569. The first kappa shape index (κ1) is 43.8. The number of rotatable bonds is 6. The van der Waals surface area contributed by atoms with Gasteiger partial charge in [0.05, 0.1) is 11.0 Å². The molecule has 3 heterocycles. The lowest BCUT2D eigenvalue weighted by atomic mass is 9.80. The second-order valence-corrected chi connectivity index (χ2v) is 21.7. The number of pyridine rings is 1.